The Kier molecular flexibility index (Phi) is 4.66. The SMILES string of the molecule is CCCC1NC(=O)C(C)(CC)N(Cc2csc(C)n2)C1=O. The second-order valence-corrected chi connectivity index (χ2v) is 6.79. The molecule has 21 heavy (non-hydrogen) atoms. The van der Waals surface area contributed by atoms with Gasteiger partial charge in [0.2, 0.25) is 11.8 Å². The topological polar surface area (TPSA) is 62.3 Å². The van der Waals surface area contributed by atoms with E-state index < -0.39 is 11.6 Å². The number of hydrogen-bond donors (Lipinski definition) is 1. The quantitative estimate of drug-likeness (QED) is 0.907. The average Bonchev–Trinajstić information content (AvgIpc) is 2.86. The van der Waals surface area contributed by atoms with E-state index in [2.05, 4.69) is 10.3 Å². The molecular formula is C15H23N3O2S. The Bertz CT molecular complexity index is 543. The summed E-state index contributed by atoms with van der Waals surface area (Å²) in [4.78, 5) is 31.3. The third kappa shape index (κ3) is 2.95. The Morgan fingerprint density at radius 3 is 2.67 bits per heavy atom. The molecule has 2 rings (SSSR count). The molecule has 5 nitrogen and oxygen atoms in total. The summed E-state index contributed by atoms with van der Waals surface area (Å²) in [6.45, 7) is 8.13. The van der Waals surface area contributed by atoms with E-state index in [-0.39, 0.29) is 11.8 Å². The summed E-state index contributed by atoms with van der Waals surface area (Å²) in [5.41, 5.74) is 0.0641. The molecule has 1 aliphatic rings. The van der Waals surface area contributed by atoms with Gasteiger partial charge in [-0.3, -0.25) is 9.59 Å². The number of carbonyl (C=O) groups excluding carboxylic acids is 2. The van der Waals surface area contributed by atoms with Crippen molar-refractivity contribution in [2.75, 3.05) is 0 Å². The minimum atomic E-state index is -0.793. The highest BCUT2D eigenvalue weighted by Crippen LogP contribution is 2.28. The summed E-state index contributed by atoms with van der Waals surface area (Å²) in [5.74, 6) is -0.0542. The summed E-state index contributed by atoms with van der Waals surface area (Å²) < 4.78 is 0. The molecule has 2 atom stereocenters. The number of nitrogens with one attached hydrogen (secondary N) is 1. The zero-order valence-electron chi connectivity index (χ0n) is 13.1. The van der Waals surface area contributed by atoms with Gasteiger partial charge in [-0.05, 0) is 26.7 Å². The first-order valence-corrected chi connectivity index (χ1v) is 8.33. The fourth-order valence-corrected chi connectivity index (χ4v) is 3.26. The van der Waals surface area contributed by atoms with Crippen LogP contribution in [0.1, 0.15) is 50.7 Å². The van der Waals surface area contributed by atoms with Gasteiger partial charge in [0.15, 0.2) is 0 Å². The van der Waals surface area contributed by atoms with Crippen LogP contribution in [0.3, 0.4) is 0 Å². The number of thiazole rings is 1. The van der Waals surface area contributed by atoms with Crippen LogP contribution >= 0.6 is 11.3 Å². The van der Waals surface area contributed by atoms with Crippen molar-refractivity contribution in [2.45, 2.75) is 65.1 Å². The Labute approximate surface area is 129 Å². The minimum Gasteiger partial charge on any atom is -0.342 e. The van der Waals surface area contributed by atoms with Crippen LogP contribution in [-0.2, 0) is 16.1 Å². The molecule has 2 heterocycles. The lowest BCUT2D eigenvalue weighted by Crippen LogP contribution is -2.68. The van der Waals surface area contributed by atoms with E-state index in [9.17, 15) is 9.59 Å². The Hall–Kier alpha value is -1.43. The second kappa shape index (κ2) is 6.13. The van der Waals surface area contributed by atoms with Gasteiger partial charge in [-0.15, -0.1) is 11.3 Å². The van der Waals surface area contributed by atoms with E-state index in [1.165, 1.54) is 0 Å². The summed E-state index contributed by atoms with van der Waals surface area (Å²) in [6, 6.07) is -0.401. The van der Waals surface area contributed by atoms with Gasteiger partial charge in [0.05, 0.1) is 17.2 Å². The normalized spacial score (nSPS) is 26.1. The molecule has 2 unspecified atom stereocenters. The molecule has 1 N–H and O–H groups in total. The molecule has 0 radical (unpaired) electrons. The fraction of sp³-hybridized carbons (Fsp3) is 0.667. The lowest BCUT2D eigenvalue weighted by atomic mass is 9.89. The number of hydrogen-bond acceptors (Lipinski definition) is 4. The molecule has 0 bridgehead atoms. The van der Waals surface area contributed by atoms with Gasteiger partial charge < -0.3 is 10.2 Å². The van der Waals surface area contributed by atoms with Crippen molar-refractivity contribution in [1.82, 2.24) is 15.2 Å². The van der Waals surface area contributed by atoms with Crippen molar-refractivity contribution in [2.24, 2.45) is 0 Å². The van der Waals surface area contributed by atoms with Gasteiger partial charge >= 0.3 is 0 Å². The molecule has 6 heteroatoms. The van der Waals surface area contributed by atoms with Gasteiger partial charge in [-0.1, -0.05) is 20.3 Å². The number of piperazine rings is 1. The third-order valence-electron chi connectivity index (χ3n) is 4.21. The molecule has 1 fully saturated rings. The molecule has 0 aliphatic carbocycles. The molecule has 0 saturated carbocycles. The maximum absolute atomic E-state index is 12.7. The number of aryl methyl sites for hydroxylation is 1. The zero-order chi connectivity index (χ0) is 15.6. The average molecular weight is 309 g/mol. The van der Waals surface area contributed by atoms with Crippen LogP contribution in [-0.4, -0.2) is 33.3 Å². The summed E-state index contributed by atoms with van der Waals surface area (Å²) in [6.07, 6.45) is 2.13. The zero-order valence-corrected chi connectivity index (χ0v) is 13.9. The molecule has 116 valence electrons. The maximum Gasteiger partial charge on any atom is 0.246 e. The number of carbonyl (C=O) groups is 2. The first-order chi connectivity index (χ1) is 9.92. The standard InChI is InChI=1S/C15H23N3O2S/c1-5-7-12-13(19)18(8-11-9-21-10(3)16-11)15(4,6-2)14(20)17-12/h9,12H,5-8H2,1-4H3,(H,17,20). The van der Waals surface area contributed by atoms with Crippen molar-refractivity contribution in [1.29, 1.82) is 0 Å². The predicted molar refractivity (Wildman–Crippen MR) is 82.9 cm³/mol. The van der Waals surface area contributed by atoms with E-state index in [4.69, 9.17) is 0 Å². The maximum atomic E-state index is 12.7. The first kappa shape index (κ1) is 15.9. The molecule has 2 amide bonds. The monoisotopic (exact) mass is 309 g/mol. The van der Waals surface area contributed by atoms with Gasteiger partial charge in [0, 0.05) is 5.38 Å². The van der Waals surface area contributed by atoms with E-state index in [0.717, 1.165) is 17.1 Å². The van der Waals surface area contributed by atoms with Gasteiger partial charge in [-0.25, -0.2) is 4.98 Å². The highest BCUT2D eigenvalue weighted by atomic mass is 32.1. The Balaban J connectivity index is 2.30. The van der Waals surface area contributed by atoms with E-state index in [1.54, 1.807) is 16.2 Å². The van der Waals surface area contributed by atoms with E-state index in [0.29, 0.717) is 19.4 Å². The highest BCUT2D eigenvalue weighted by molar-refractivity contribution is 7.09. The van der Waals surface area contributed by atoms with E-state index >= 15 is 0 Å². The van der Waals surface area contributed by atoms with Crippen LogP contribution in [0.25, 0.3) is 0 Å². The lowest BCUT2D eigenvalue weighted by Gasteiger charge is -2.45. The second-order valence-electron chi connectivity index (χ2n) is 5.72. The van der Waals surface area contributed by atoms with E-state index in [1.807, 2.05) is 33.1 Å². The van der Waals surface area contributed by atoms with Crippen LogP contribution in [0, 0.1) is 6.92 Å². The van der Waals surface area contributed by atoms with Crippen LogP contribution < -0.4 is 5.32 Å². The van der Waals surface area contributed by atoms with Crippen molar-refractivity contribution < 1.29 is 9.59 Å². The van der Waals surface area contributed by atoms with Gasteiger partial charge in [0.1, 0.15) is 11.6 Å². The molecule has 1 aliphatic heterocycles. The molecule has 1 aromatic rings. The highest BCUT2D eigenvalue weighted by Gasteiger charge is 2.47. The largest absolute Gasteiger partial charge is 0.342 e. The van der Waals surface area contributed by atoms with Crippen LogP contribution in [0.4, 0.5) is 0 Å². The number of aromatic nitrogens is 1. The smallest absolute Gasteiger partial charge is 0.246 e. The van der Waals surface area contributed by atoms with Crippen LogP contribution in [0.15, 0.2) is 5.38 Å². The Morgan fingerprint density at radius 1 is 1.43 bits per heavy atom. The number of amides is 2. The Morgan fingerprint density at radius 2 is 2.14 bits per heavy atom. The van der Waals surface area contributed by atoms with Crippen LogP contribution in [0.5, 0.6) is 0 Å². The van der Waals surface area contributed by atoms with Gasteiger partial charge in [0.25, 0.3) is 0 Å². The lowest BCUT2D eigenvalue weighted by molar-refractivity contribution is -0.157. The molecule has 0 aromatic carbocycles. The van der Waals surface area contributed by atoms with Crippen molar-refractivity contribution >= 4 is 23.2 Å². The molecular weight excluding hydrogens is 286 g/mol. The predicted octanol–water partition coefficient (Wildman–Crippen LogP) is 2.25. The number of rotatable bonds is 5. The molecule has 1 aromatic heterocycles. The van der Waals surface area contributed by atoms with Crippen molar-refractivity contribution in [3.63, 3.8) is 0 Å². The molecule has 0 spiro atoms. The van der Waals surface area contributed by atoms with Crippen molar-refractivity contribution in [3.8, 4) is 0 Å². The molecule has 1 saturated heterocycles. The number of nitrogens with zero attached hydrogens (tertiary/aromatic N) is 2. The van der Waals surface area contributed by atoms with Crippen LogP contribution in [0.2, 0.25) is 0 Å². The fourth-order valence-electron chi connectivity index (χ4n) is 2.66. The first-order valence-electron chi connectivity index (χ1n) is 7.45. The van der Waals surface area contributed by atoms with Crippen molar-refractivity contribution in [3.05, 3.63) is 16.1 Å². The summed E-state index contributed by atoms with van der Waals surface area (Å²) in [5, 5.41) is 5.81. The summed E-state index contributed by atoms with van der Waals surface area (Å²) >= 11 is 1.56. The third-order valence-corrected chi connectivity index (χ3v) is 5.03. The minimum absolute atomic E-state index is 0.00598. The van der Waals surface area contributed by atoms with Gasteiger partial charge in [-0.2, -0.15) is 0 Å². The summed E-state index contributed by atoms with van der Waals surface area (Å²) in [7, 11) is 0.